The number of pyridine rings is 1. The zero-order valence-electron chi connectivity index (χ0n) is 7.62. The second kappa shape index (κ2) is 3.95. The van der Waals surface area contributed by atoms with Gasteiger partial charge in [-0.15, -0.1) is 0 Å². The van der Waals surface area contributed by atoms with Crippen LogP contribution in [0.25, 0.3) is 0 Å². The summed E-state index contributed by atoms with van der Waals surface area (Å²) >= 11 is 0. The highest BCUT2D eigenvalue weighted by atomic mass is 15.2. The van der Waals surface area contributed by atoms with E-state index >= 15 is 0 Å². The van der Waals surface area contributed by atoms with E-state index in [0.29, 0.717) is 5.82 Å². The third-order valence-corrected chi connectivity index (χ3v) is 1.84. The predicted octanol–water partition coefficient (Wildman–Crippen LogP) is 1.51. The number of anilines is 2. The lowest BCUT2D eigenvalue weighted by atomic mass is 10.4. The maximum Gasteiger partial charge on any atom is 0.130 e. The van der Waals surface area contributed by atoms with E-state index in [4.69, 9.17) is 5.73 Å². The Kier molecular flexibility index (Phi) is 2.91. The second-order valence-electron chi connectivity index (χ2n) is 2.59. The highest BCUT2D eigenvalue weighted by Gasteiger charge is 2.01. The van der Waals surface area contributed by atoms with Crippen molar-refractivity contribution in [3.8, 4) is 0 Å². The van der Waals surface area contributed by atoms with Gasteiger partial charge in [-0.2, -0.15) is 0 Å². The Balaban J connectivity index is 2.85. The van der Waals surface area contributed by atoms with E-state index in [-0.39, 0.29) is 0 Å². The first-order valence-corrected chi connectivity index (χ1v) is 4.25. The molecule has 0 aromatic carbocycles. The van der Waals surface area contributed by atoms with Crippen molar-refractivity contribution in [2.75, 3.05) is 23.7 Å². The van der Waals surface area contributed by atoms with Crippen molar-refractivity contribution in [2.45, 2.75) is 13.8 Å². The van der Waals surface area contributed by atoms with Crippen molar-refractivity contribution < 1.29 is 0 Å². The van der Waals surface area contributed by atoms with Gasteiger partial charge in [0.1, 0.15) is 11.6 Å². The fourth-order valence-electron chi connectivity index (χ4n) is 1.16. The molecule has 0 saturated carbocycles. The van der Waals surface area contributed by atoms with Crippen LogP contribution in [0.3, 0.4) is 0 Å². The van der Waals surface area contributed by atoms with Crippen LogP contribution in [-0.4, -0.2) is 18.1 Å². The summed E-state index contributed by atoms with van der Waals surface area (Å²) < 4.78 is 0. The molecule has 1 aromatic heterocycles. The molecule has 0 radical (unpaired) electrons. The van der Waals surface area contributed by atoms with Crippen molar-refractivity contribution in [3.63, 3.8) is 0 Å². The molecule has 1 heterocycles. The molecule has 0 saturated heterocycles. The summed E-state index contributed by atoms with van der Waals surface area (Å²) in [6, 6.07) is 5.70. The number of nitrogens with zero attached hydrogens (tertiary/aromatic N) is 2. The molecule has 0 atom stereocenters. The number of rotatable bonds is 3. The Morgan fingerprint density at radius 1 is 1.33 bits per heavy atom. The molecule has 0 fully saturated rings. The molecule has 0 unspecified atom stereocenters. The van der Waals surface area contributed by atoms with Crippen LogP contribution in [-0.2, 0) is 0 Å². The molecule has 0 aliphatic rings. The molecule has 12 heavy (non-hydrogen) atoms. The van der Waals surface area contributed by atoms with Crippen LogP contribution in [0.1, 0.15) is 13.8 Å². The van der Waals surface area contributed by atoms with Gasteiger partial charge in [0.05, 0.1) is 0 Å². The van der Waals surface area contributed by atoms with Crippen LogP contribution in [0.2, 0.25) is 0 Å². The number of hydrogen-bond acceptors (Lipinski definition) is 3. The molecule has 0 spiro atoms. The van der Waals surface area contributed by atoms with E-state index in [9.17, 15) is 0 Å². The topological polar surface area (TPSA) is 42.1 Å². The Labute approximate surface area is 73.2 Å². The second-order valence-corrected chi connectivity index (χ2v) is 2.59. The van der Waals surface area contributed by atoms with Gasteiger partial charge < -0.3 is 10.6 Å². The summed E-state index contributed by atoms with van der Waals surface area (Å²) in [5.74, 6) is 1.54. The quantitative estimate of drug-likeness (QED) is 0.738. The summed E-state index contributed by atoms with van der Waals surface area (Å²) in [7, 11) is 0. The Morgan fingerprint density at radius 2 is 2.00 bits per heavy atom. The van der Waals surface area contributed by atoms with E-state index in [2.05, 4.69) is 23.7 Å². The molecule has 0 aliphatic carbocycles. The molecule has 3 nitrogen and oxygen atoms in total. The molecule has 0 bridgehead atoms. The van der Waals surface area contributed by atoms with Gasteiger partial charge in [-0.25, -0.2) is 4.98 Å². The minimum absolute atomic E-state index is 0.583. The third kappa shape index (κ3) is 1.87. The zero-order chi connectivity index (χ0) is 8.97. The molecule has 1 rings (SSSR count). The monoisotopic (exact) mass is 165 g/mol. The van der Waals surface area contributed by atoms with Gasteiger partial charge in [-0.05, 0) is 26.0 Å². The van der Waals surface area contributed by atoms with Crippen LogP contribution in [0, 0.1) is 0 Å². The molecular weight excluding hydrogens is 150 g/mol. The largest absolute Gasteiger partial charge is 0.384 e. The maximum absolute atomic E-state index is 5.57. The van der Waals surface area contributed by atoms with Crippen molar-refractivity contribution in [2.24, 2.45) is 0 Å². The highest BCUT2D eigenvalue weighted by Crippen LogP contribution is 2.11. The van der Waals surface area contributed by atoms with Gasteiger partial charge in [-0.3, -0.25) is 0 Å². The van der Waals surface area contributed by atoms with Gasteiger partial charge in [0, 0.05) is 13.1 Å². The Morgan fingerprint density at radius 3 is 2.50 bits per heavy atom. The van der Waals surface area contributed by atoms with Gasteiger partial charge in [0.2, 0.25) is 0 Å². The first kappa shape index (κ1) is 8.84. The normalized spacial score (nSPS) is 9.83. The van der Waals surface area contributed by atoms with E-state index in [1.54, 1.807) is 6.07 Å². The van der Waals surface area contributed by atoms with Gasteiger partial charge >= 0.3 is 0 Å². The molecule has 1 aromatic rings. The van der Waals surface area contributed by atoms with E-state index < -0.39 is 0 Å². The SMILES string of the molecule is CCN(CC)c1cccc(N)n1. The van der Waals surface area contributed by atoms with Gasteiger partial charge in [0.25, 0.3) is 0 Å². The fraction of sp³-hybridized carbons (Fsp3) is 0.444. The van der Waals surface area contributed by atoms with Crippen molar-refractivity contribution in [1.29, 1.82) is 0 Å². The summed E-state index contributed by atoms with van der Waals surface area (Å²) in [5.41, 5.74) is 5.57. The van der Waals surface area contributed by atoms with Crippen molar-refractivity contribution >= 4 is 11.6 Å². The highest BCUT2D eigenvalue weighted by molar-refractivity contribution is 5.44. The number of hydrogen-bond donors (Lipinski definition) is 1. The maximum atomic E-state index is 5.57. The van der Waals surface area contributed by atoms with Gasteiger partial charge in [-0.1, -0.05) is 6.07 Å². The fourth-order valence-corrected chi connectivity index (χ4v) is 1.16. The van der Waals surface area contributed by atoms with Crippen molar-refractivity contribution in [3.05, 3.63) is 18.2 Å². The third-order valence-electron chi connectivity index (χ3n) is 1.84. The van der Waals surface area contributed by atoms with E-state index in [1.807, 2.05) is 12.1 Å². The number of nitrogen functional groups attached to an aromatic ring is 1. The number of nitrogens with two attached hydrogens (primary N) is 1. The molecule has 2 N–H and O–H groups in total. The summed E-state index contributed by atoms with van der Waals surface area (Å²) in [6.07, 6.45) is 0. The first-order chi connectivity index (χ1) is 5.77. The summed E-state index contributed by atoms with van der Waals surface area (Å²) in [6.45, 7) is 6.14. The van der Waals surface area contributed by atoms with Crippen LogP contribution in [0.15, 0.2) is 18.2 Å². The van der Waals surface area contributed by atoms with E-state index in [0.717, 1.165) is 18.9 Å². The Bertz CT molecular complexity index is 243. The summed E-state index contributed by atoms with van der Waals surface area (Å²) in [4.78, 5) is 6.38. The number of aromatic nitrogens is 1. The van der Waals surface area contributed by atoms with Crippen LogP contribution < -0.4 is 10.6 Å². The lowest BCUT2D eigenvalue weighted by Gasteiger charge is -2.19. The van der Waals surface area contributed by atoms with Crippen LogP contribution >= 0.6 is 0 Å². The average molecular weight is 165 g/mol. The predicted molar refractivity (Wildman–Crippen MR) is 52.2 cm³/mol. The van der Waals surface area contributed by atoms with Crippen LogP contribution in [0.4, 0.5) is 11.6 Å². The molecule has 0 amide bonds. The summed E-state index contributed by atoms with van der Waals surface area (Å²) in [5, 5.41) is 0. The standard InChI is InChI=1S/C9H15N3/c1-3-12(4-2)9-7-5-6-8(10)11-9/h5-7H,3-4H2,1-2H3,(H2,10,11). The molecule has 3 heteroatoms. The van der Waals surface area contributed by atoms with Crippen molar-refractivity contribution in [1.82, 2.24) is 4.98 Å². The lowest BCUT2D eigenvalue weighted by molar-refractivity contribution is 0.847. The molecular formula is C9H15N3. The lowest BCUT2D eigenvalue weighted by Crippen LogP contribution is -2.22. The first-order valence-electron chi connectivity index (χ1n) is 4.25. The molecule has 0 aliphatic heterocycles. The minimum atomic E-state index is 0.583. The zero-order valence-corrected chi connectivity index (χ0v) is 7.62. The van der Waals surface area contributed by atoms with Gasteiger partial charge in [0.15, 0.2) is 0 Å². The molecule has 66 valence electrons. The Hall–Kier alpha value is -1.25. The smallest absolute Gasteiger partial charge is 0.130 e. The van der Waals surface area contributed by atoms with Crippen LogP contribution in [0.5, 0.6) is 0 Å². The minimum Gasteiger partial charge on any atom is -0.384 e. The average Bonchev–Trinajstić information content (AvgIpc) is 2.07. The van der Waals surface area contributed by atoms with E-state index in [1.165, 1.54) is 0 Å².